The maximum Gasteiger partial charge on any atom is 0.422 e. The predicted molar refractivity (Wildman–Crippen MR) is 102 cm³/mol. The molecular weight excluding hydrogens is 348 g/mol. The van der Waals surface area contributed by atoms with E-state index in [2.05, 4.69) is 0 Å². The average Bonchev–Trinajstić information content (AvgIpc) is 2.65. The van der Waals surface area contributed by atoms with Gasteiger partial charge in [0.1, 0.15) is 12.3 Å². The minimum Gasteiger partial charge on any atom is -0.497 e. The molecule has 142 valence electrons. The van der Waals surface area contributed by atoms with E-state index in [1.807, 2.05) is 19.9 Å². The molecule has 1 aliphatic rings. The molecule has 0 aliphatic heterocycles. The van der Waals surface area contributed by atoms with Gasteiger partial charge in [0.15, 0.2) is 0 Å². The van der Waals surface area contributed by atoms with Crippen molar-refractivity contribution in [2.24, 2.45) is 0 Å². The van der Waals surface area contributed by atoms with Crippen LogP contribution >= 0.6 is 0 Å². The molecule has 1 aromatic carbocycles. The smallest absolute Gasteiger partial charge is 0.422 e. The topological polar surface area (TPSA) is 81.8 Å². The van der Waals surface area contributed by atoms with Crippen molar-refractivity contribution in [3.8, 4) is 5.75 Å². The first-order valence-electron chi connectivity index (χ1n) is 8.82. The first kappa shape index (κ1) is 18.7. The molecule has 0 atom stereocenters. The molecule has 27 heavy (non-hydrogen) atoms. The van der Waals surface area contributed by atoms with Crippen LogP contribution in [0.15, 0.2) is 44.3 Å². The number of fused-ring (bicyclic) bond motifs is 1. The lowest BCUT2D eigenvalue weighted by Crippen LogP contribution is -2.42. The number of hydrogen-bond donors (Lipinski definition) is 0. The molecule has 2 aromatic rings. The number of nitrogens with zero attached hydrogens (tertiary/aromatic N) is 2. The number of methoxy groups -OCH3 is 1. The highest BCUT2D eigenvalue weighted by Gasteiger charge is 2.23. The van der Waals surface area contributed by atoms with E-state index in [4.69, 9.17) is 9.15 Å². The van der Waals surface area contributed by atoms with Crippen LogP contribution in [-0.4, -0.2) is 23.6 Å². The van der Waals surface area contributed by atoms with Crippen LogP contribution in [0.25, 0.3) is 6.08 Å². The van der Waals surface area contributed by atoms with Crippen molar-refractivity contribution in [1.82, 2.24) is 4.57 Å². The first-order valence-corrected chi connectivity index (χ1v) is 8.82. The summed E-state index contributed by atoms with van der Waals surface area (Å²) in [6.45, 7) is 3.58. The molecule has 0 saturated carbocycles. The summed E-state index contributed by atoms with van der Waals surface area (Å²) in [5.74, 6) is -0.403. The van der Waals surface area contributed by atoms with Gasteiger partial charge in [-0.3, -0.25) is 9.36 Å². The number of allylic oxidation sites excluding steroid dienone is 1. The Labute approximate surface area is 156 Å². The lowest BCUT2D eigenvalue weighted by Gasteiger charge is -2.28. The lowest BCUT2D eigenvalue weighted by atomic mass is 10.0. The number of anilines is 1. The van der Waals surface area contributed by atoms with Gasteiger partial charge in [-0.25, -0.2) is 9.59 Å². The van der Waals surface area contributed by atoms with Crippen LogP contribution in [0.4, 0.5) is 5.69 Å². The Morgan fingerprint density at radius 1 is 1.26 bits per heavy atom. The lowest BCUT2D eigenvalue weighted by molar-refractivity contribution is -0.119. The van der Waals surface area contributed by atoms with Crippen LogP contribution in [0.1, 0.15) is 31.5 Å². The highest BCUT2D eigenvalue weighted by molar-refractivity contribution is 5.93. The minimum atomic E-state index is -0.822. The van der Waals surface area contributed by atoms with Gasteiger partial charge in [-0.2, -0.15) is 0 Å². The van der Waals surface area contributed by atoms with E-state index in [-0.39, 0.29) is 18.5 Å². The molecule has 1 amide bonds. The van der Waals surface area contributed by atoms with E-state index in [9.17, 15) is 14.4 Å². The van der Waals surface area contributed by atoms with E-state index in [0.29, 0.717) is 35.5 Å². The number of rotatable bonds is 5. The average molecular weight is 370 g/mol. The fourth-order valence-corrected chi connectivity index (χ4v) is 3.24. The van der Waals surface area contributed by atoms with Crippen molar-refractivity contribution in [3.05, 3.63) is 62.6 Å². The maximum absolute atomic E-state index is 13.0. The molecule has 7 heteroatoms. The highest BCUT2D eigenvalue weighted by Crippen LogP contribution is 2.22. The molecule has 3 rings (SSSR count). The second kappa shape index (κ2) is 7.65. The molecular formula is C20H22N2O5. The van der Waals surface area contributed by atoms with Gasteiger partial charge < -0.3 is 14.1 Å². The third-order valence-corrected chi connectivity index (χ3v) is 4.51. The van der Waals surface area contributed by atoms with Gasteiger partial charge in [-0.15, -0.1) is 0 Å². The van der Waals surface area contributed by atoms with Crippen LogP contribution in [0.5, 0.6) is 5.75 Å². The largest absolute Gasteiger partial charge is 0.497 e. The third kappa shape index (κ3) is 3.72. The number of amides is 1. The summed E-state index contributed by atoms with van der Waals surface area (Å²) in [6.07, 6.45) is 4.78. The fourth-order valence-electron chi connectivity index (χ4n) is 3.24. The Hall–Kier alpha value is -3.09. The number of ether oxygens (including phenoxy) is 1. The summed E-state index contributed by atoms with van der Waals surface area (Å²) >= 11 is 0. The number of aromatic nitrogens is 1. The molecule has 0 fully saturated rings. The van der Waals surface area contributed by atoms with Crippen LogP contribution in [0.3, 0.4) is 0 Å². The van der Waals surface area contributed by atoms with Crippen LogP contribution in [-0.2, 0) is 17.8 Å². The second-order valence-corrected chi connectivity index (χ2v) is 6.60. The van der Waals surface area contributed by atoms with Crippen molar-refractivity contribution < 1.29 is 13.9 Å². The Morgan fingerprint density at radius 2 is 1.96 bits per heavy atom. The van der Waals surface area contributed by atoms with Gasteiger partial charge in [0.2, 0.25) is 5.91 Å². The van der Waals surface area contributed by atoms with E-state index >= 15 is 0 Å². The summed E-state index contributed by atoms with van der Waals surface area (Å²) in [5, 5.41) is 0. The molecule has 1 aliphatic carbocycles. The molecule has 7 nitrogen and oxygen atoms in total. The normalized spacial score (nSPS) is 12.7. The molecule has 0 bridgehead atoms. The minimum absolute atomic E-state index is 0.122. The zero-order valence-electron chi connectivity index (χ0n) is 15.6. The van der Waals surface area contributed by atoms with Gasteiger partial charge in [-0.05, 0) is 57.0 Å². The Balaban J connectivity index is 1.97. The quantitative estimate of drug-likeness (QED) is 0.806. The molecule has 1 heterocycles. The summed E-state index contributed by atoms with van der Waals surface area (Å²) < 4.78 is 11.2. The van der Waals surface area contributed by atoms with E-state index in [0.717, 1.165) is 0 Å². The zero-order valence-corrected chi connectivity index (χ0v) is 15.6. The maximum atomic E-state index is 13.0. The number of carbonyl (C=O) groups is 1. The van der Waals surface area contributed by atoms with Crippen molar-refractivity contribution in [2.75, 3.05) is 12.0 Å². The first-order chi connectivity index (χ1) is 12.9. The SMILES string of the molecule is COc1ccc(N(C(=O)Cn2c3c(c(=O)oc2=O)CCC=C3)C(C)C)cc1. The van der Waals surface area contributed by atoms with E-state index in [1.165, 1.54) is 4.57 Å². The molecule has 0 saturated heterocycles. The van der Waals surface area contributed by atoms with Gasteiger partial charge in [0, 0.05) is 11.7 Å². The Bertz CT molecular complexity index is 983. The van der Waals surface area contributed by atoms with E-state index in [1.54, 1.807) is 42.4 Å². The van der Waals surface area contributed by atoms with Crippen LogP contribution in [0.2, 0.25) is 0 Å². The van der Waals surface area contributed by atoms with Gasteiger partial charge in [-0.1, -0.05) is 6.08 Å². The van der Waals surface area contributed by atoms with Gasteiger partial charge in [0.05, 0.1) is 18.4 Å². The molecule has 0 spiro atoms. The van der Waals surface area contributed by atoms with Crippen molar-refractivity contribution in [3.63, 3.8) is 0 Å². The second-order valence-electron chi connectivity index (χ2n) is 6.60. The van der Waals surface area contributed by atoms with Gasteiger partial charge in [0.25, 0.3) is 0 Å². The van der Waals surface area contributed by atoms with Crippen molar-refractivity contribution >= 4 is 17.7 Å². The molecule has 0 N–H and O–H groups in total. The molecule has 1 aromatic heterocycles. The molecule has 0 unspecified atom stereocenters. The Morgan fingerprint density at radius 3 is 2.59 bits per heavy atom. The van der Waals surface area contributed by atoms with Crippen LogP contribution in [0, 0.1) is 0 Å². The zero-order chi connectivity index (χ0) is 19.6. The highest BCUT2D eigenvalue weighted by atomic mass is 16.5. The summed E-state index contributed by atoms with van der Waals surface area (Å²) in [6, 6.07) is 7.01. The van der Waals surface area contributed by atoms with Crippen molar-refractivity contribution in [1.29, 1.82) is 0 Å². The fraction of sp³-hybridized carbons (Fsp3) is 0.350. The Kier molecular flexibility index (Phi) is 5.30. The van der Waals surface area contributed by atoms with Crippen molar-refractivity contribution in [2.45, 2.75) is 39.3 Å². The monoisotopic (exact) mass is 370 g/mol. The number of carbonyl (C=O) groups excluding carboxylic acids is 1. The predicted octanol–water partition coefficient (Wildman–Crippen LogP) is 2.21. The number of benzene rings is 1. The summed E-state index contributed by atoms with van der Waals surface area (Å²) in [5.41, 5.74) is 0.962. The molecule has 0 radical (unpaired) electrons. The standard InChI is InChI=1S/C20H22N2O5/c1-13(2)22(14-8-10-15(26-3)11-9-14)18(23)12-21-17-7-5-4-6-16(17)19(24)27-20(21)25/h5,7-11,13H,4,6,12H2,1-3H3. The summed E-state index contributed by atoms with van der Waals surface area (Å²) in [4.78, 5) is 38.8. The number of hydrogen-bond acceptors (Lipinski definition) is 5. The van der Waals surface area contributed by atoms with Gasteiger partial charge >= 0.3 is 11.4 Å². The van der Waals surface area contributed by atoms with E-state index < -0.39 is 11.4 Å². The third-order valence-electron chi connectivity index (χ3n) is 4.51. The van der Waals surface area contributed by atoms with Crippen LogP contribution < -0.4 is 21.0 Å². The summed E-state index contributed by atoms with van der Waals surface area (Å²) in [7, 11) is 1.58.